The van der Waals surface area contributed by atoms with Crippen LogP contribution in [0.1, 0.15) is 5.56 Å². The van der Waals surface area contributed by atoms with Crippen LogP contribution in [0, 0.1) is 0 Å². The van der Waals surface area contributed by atoms with Gasteiger partial charge in [0.15, 0.2) is 0 Å². The highest BCUT2D eigenvalue weighted by Crippen LogP contribution is 2.34. The van der Waals surface area contributed by atoms with Crippen LogP contribution in [-0.4, -0.2) is 13.0 Å². The molecule has 0 saturated heterocycles. The van der Waals surface area contributed by atoms with E-state index in [1.165, 1.54) is 12.1 Å². The van der Waals surface area contributed by atoms with Crippen LogP contribution < -0.4 is 4.74 Å². The van der Waals surface area contributed by atoms with Crippen molar-refractivity contribution in [1.29, 1.82) is 0 Å². The molecule has 0 aliphatic heterocycles. The van der Waals surface area contributed by atoms with Crippen molar-refractivity contribution in [3.63, 3.8) is 0 Å². The van der Waals surface area contributed by atoms with Crippen LogP contribution in [0.15, 0.2) is 12.1 Å². The van der Waals surface area contributed by atoms with E-state index in [9.17, 15) is 8.78 Å². The first-order valence-electron chi connectivity index (χ1n) is 4.00. The highest BCUT2D eigenvalue weighted by molar-refractivity contribution is 9.08. The second-order valence-corrected chi connectivity index (χ2v) is 4.02. The summed E-state index contributed by atoms with van der Waals surface area (Å²) in [5.41, 5.74) is 0.574. The molecule has 15 heavy (non-hydrogen) atoms. The monoisotopic (exact) mass is 318 g/mol. The van der Waals surface area contributed by atoms with Gasteiger partial charge in [0.1, 0.15) is 12.4 Å². The van der Waals surface area contributed by atoms with Crippen LogP contribution in [0.25, 0.3) is 0 Å². The molecular formula is C9H7BrCl2F2O. The Labute approximate surface area is 104 Å². The predicted octanol–water partition coefficient (Wildman–Crippen LogP) is 4.53. The van der Waals surface area contributed by atoms with Crippen LogP contribution in [-0.2, 0) is 5.33 Å². The molecule has 0 amide bonds. The predicted molar refractivity (Wildman–Crippen MR) is 60.6 cm³/mol. The van der Waals surface area contributed by atoms with Gasteiger partial charge >= 0.3 is 0 Å². The Kier molecular flexibility index (Phi) is 5.09. The minimum absolute atomic E-state index is 0.320. The molecule has 1 rings (SSSR count). The van der Waals surface area contributed by atoms with Crippen molar-refractivity contribution in [2.75, 3.05) is 6.61 Å². The van der Waals surface area contributed by atoms with Crippen LogP contribution in [0.4, 0.5) is 8.78 Å². The van der Waals surface area contributed by atoms with Gasteiger partial charge in [-0.15, -0.1) is 0 Å². The minimum atomic E-state index is -2.51. The Morgan fingerprint density at radius 3 is 2.53 bits per heavy atom. The first kappa shape index (κ1) is 13.0. The van der Waals surface area contributed by atoms with Gasteiger partial charge in [0, 0.05) is 10.9 Å². The summed E-state index contributed by atoms with van der Waals surface area (Å²) in [6.45, 7) is -0.655. The van der Waals surface area contributed by atoms with Gasteiger partial charge in [-0.3, -0.25) is 0 Å². The molecule has 0 heterocycles. The van der Waals surface area contributed by atoms with Crippen molar-refractivity contribution in [3.05, 3.63) is 27.7 Å². The molecule has 0 aromatic heterocycles. The van der Waals surface area contributed by atoms with Gasteiger partial charge in [-0.05, 0) is 12.1 Å². The van der Waals surface area contributed by atoms with Crippen LogP contribution in [0.5, 0.6) is 5.75 Å². The van der Waals surface area contributed by atoms with E-state index in [-0.39, 0.29) is 0 Å². The van der Waals surface area contributed by atoms with Gasteiger partial charge in [-0.25, -0.2) is 8.78 Å². The van der Waals surface area contributed by atoms with Crippen molar-refractivity contribution < 1.29 is 13.5 Å². The lowest BCUT2D eigenvalue weighted by Crippen LogP contribution is -2.08. The lowest BCUT2D eigenvalue weighted by Gasteiger charge is -2.11. The Hall–Kier alpha value is -0.0600. The summed E-state index contributed by atoms with van der Waals surface area (Å²) in [5.74, 6) is 0.321. The third kappa shape index (κ3) is 3.47. The number of rotatable bonds is 4. The average molecular weight is 320 g/mol. The Morgan fingerprint density at radius 1 is 1.33 bits per heavy atom. The smallest absolute Gasteiger partial charge is 0.272 e. The van der Waals surface area contributed by atoms with E-state index in [4.69, 9.17) is 27.9 Å². The molecule has 0 radical (unpaired) electrons. The second kappa shape index (κ2) is 5.87. The third-order valence-corrected chi connectivity index (χ3v) is 3.06. The minimum Gasteiger partial charge on any atom is -0.487 e. The van der Waals surface area contributed by atoms with Gasteiger partial charge in [0.2, 0.25) is 0 Å². The molecular weight excluding hydrogens is 313 g/mol. The molecule has 0 fully saturated rings. The Balaban J connectivity index is 2.92. The quantitative estimate of drug-likeness (QED) is 0.741. The highest BCUT2D eigenvalue weighted by atomic mass is 79.9. The van der Waals surface area contributed by atoms with Crippen molar-refractivity contribution >= 4 is 39.1 Å². The van der Waals surface area contributed by atoms with Gasteiger partial charge in [-0.2, -0.15) is 0 Å². The Bertz CT molecular complexity index is 347. The number of ether oxygens (including phenoxy) is 1. The van der Waals surface area contributed by atoms with Crippen molar-refractivity contribution in [3.8, 4) is 5.75 Å². The summed E-state index contributed by atoms with van der Waals surface area (Å²) in [5, 5.41) is 1.08. The van der Waals surface area contributed by atoms with Gasteiger partial charge in [0.25, 0.3) is 6.43 Å². The number of benzene rings is 1. The summed E-state index contributed by atoms with van der Waals surface area (Å²) in [7, 11) is 0. The molecule has 84 valence electrons. The summed E-state index contributed by atoms with van der Waals surface area (Å²) in [6, 6.07) is 3.03. The van der Waals surface area contributed by atoms with Gasteiger partial charge in [-0.1, -0.05) is 39.1 Å². The zero-order valence-corrected chi connectivity index (χ0v) is 10.5. The Morgan fingerprint density at radius 2 is 2.00 bits per heavy atom. The number of alkyl halides is 3. The lowest BCUT2D eigenvalue weighted by atomic mass is 10.2. The van der Waals surface area contributed by atoms with E-state index < -0.39 is 13.0 Å². The molecule has 0 aliphatic rings. The number of hydrogen-bond donors (Lipinski definition) is 0. The second-order valence-electron chi connectivity index (χ2n) is 2.67. The van der Waals surface area contributed by atoms with E-state index in [1.807, 2.05) is 0 Å². The fraction of sp³-hybridized carbons (Fsp3) is 0.333. The number of hydrogen-bond acceptors (Lipinski definition) is 1. The van der Waals surface area contributed by atoms with Gasteiger partial charge < -0.3 is 4.74 Å². The highest BCUT2D eigenvalue weighted by Gasteiger charge is 2.12. The largest absolute Gasteiger partial charge is 0.487 e. The molecule has 0 bridgehead atoms. The SMILES string of the molecule is FC(F)COc1ccc(Cl)c(Cl)c1CBr. The molecule has 0 spiro atoms. The zero-order valence-electron chi connectivity index (χ0n) is 7.44. The van der Waals surface area contributed by atoms with E-state index in [0.29, 0.717) is 26.7 Å². The number of halogens is 5. The molecule has 1 aromatic rings. The van der Waals surface area contributed by atoms with Crippen molar-refractivity contribution in [1.82, 2.24) is 0 Å². The van der Waals surface area contributed by atoms with E-state index in [1.54, 1.807) is 0 Å². The molecule has 1 aromatic carbocycles. The molecule has 0 atom stereocenters. The molecule has 1 nitrogen and oxygen atoms in total. The third-order valence-electron chi connectivity index (χ3n) is 1.65. The molecule has 6 heteroatoms. The lowest BCUT2D eigenvalue weighted by molar-refractivity contribution is 0.0815. The average Bonchev–Trinajstić information content (AvgIpc) is 2.19. The molecule has 0 unspecified atom stereocenters. The van der Waals surface area contributed by atoms with Crippen LogP contribution in [0.2, 0.25) is 10.0 Å². The maximum Gasteiger partial charge on any atom is 0.272 e. The summed E-state index contributed by atoms with van der Waals surface area (Å²) in [4.78, 5) is 0. The molecule has 0 saturated carbocycles. The van der Waals surface area contributed by atoms with Gasteiger partial charge in [0.05, 0.1) is 10.0 Å². The van der Waals surface area contributed by atoms with Crippen molar-refractivity contribution in [2.45, 2.75) is 11.8 Å². The van der Waals surface area contributed by atoms with E-state index >= 15 is 0 Å². The van der Waals surface area contributed by atoms with Crippen LogP contribution in [0.3, 0.4) is 0 Å². The zero-order chi connectivity index (χ0) is 11.4. The van der Waals surface area contributed by atoms with E-state index in [2.05, 4.69) is 15.9 Å². The summed E-state index contributed by atoms with van der Waals surface area (Å²) < 4.78 is 28.8. The molecule has 0 aliphatic carbocycles. The maximum absolute atomic E-state index is 11.9. The van der Waals surface area contributed by atoms with E-state index in [0.717, 1.165) is 0 Å². The maximum atomic E-state index is 11.9. The first-order chi connectivity index (χ1) is 7.06. The topological polar surface area (TPSA) is 9.23 Å². The molecule has 0 N–H and O–H groups in total. The summed E-state index contributed by atoms with van der Waals surface area (Å²) in [6.07, 6.45) is -2.51. The normalized spacial score (nSPS) is 10.8. The van der Waals surface area contributed by atoms with Crippen molar-refractivity contribution in [2.24, 2.45) is 0 Å². The standard InChI is InChI=1S/C9H7BrCl2F2O/c10-3-5-7(15-4-8(13)14)2-1-6(11)9(5)12/h1-2,8H,3-4H2. The fourth-order valence-corrected chi connectivity index (χ4v) is 2.11. The first-order valence-corrected chi connectivity index (χ1v) is 5.87. The summed E-state index contributed by atoms with van der Waals surface area (Å²) >= 11 is 14.8. The van der Waals surface area contributed by atoms with Crippen LogP contribution >= 0.6 is 39.1 Å². The fourth-order valence-electron chi connectivity index (χ4n) is 0.987.